The smallest absolute Gasteiger partial charge is 0.213 e. The van der Waals surface area contributed by atoms with E-state index in [-0.39, 0.29) is 5.78 Å². The van der Waals surface area contributed by atoms with E-state index in [1.807, 2.05) is 49.4 Å². The molecule has 5 nitrogen and oxygen atoms in total. The van der Waals surface area contributed by atoms with Crippen LogP contribution in [-0.4, -0.2) is 36.0 Å². The van der Waals surface area contributed by atoms with Gasteiger partial charge in [0, 0.05) is 47.6 Å². The third-order valence-electron chi connectivity index (χ3n) is 6.73. The lowest BCUT2D eigenvalue weighted by Crippen LogP contribution is -2.35. The van der Waals surface area contributed by atoms with Crippen LogP contribution in [0.15, 0.2) is 85.1 Å². The minimum atomic E-state index is -0.120. The predicted molar refractivity (Wildman–Crippen MR) is 139 cm³/mol. The number of ether oxygens (including phenoxy) is 1. The predicted octanol–water partition coefficient (Wildman–Crippen LogP) is 6.08. The highest BCUT2D eigenvalue weighted by Gasteiger charge is 2.23. The van der Waals surface area contributed by atoms with Crippen LogP contribution in [0.1, 0.15) is 46.1 Å². The topological polar surface area (TPSA) is 55.3 Å². The number of carbonyl (C=O) groups excluding carboxylic acids is 1. The Bertz CT molecular complexity index is 1340. The summed E-state index contributed by atoms with van der Waals surface area (Å²) in [5.41, 5.74) is 4.78. The van der Waals surface area contributed by atoms with E-state index in [4.69, 9.17) is 9.72 Å². The molecule has 0 saturated carbocycles. The van der Waals surface area contributed by atoms with Crippen molar-refractivity contribution in [2.24, 2.45) is 0 Å². The van der Waals surface area contributed by atoms with E-state index >= 15 is 0 Å². The first kappa shape index (κ1) is 22.8. The quantitative estimate of drug-likeness (QED) is 0.325. The molecule has 5 rings (SSSR count). The fourth-order valence-electron chi connectivity index (χ4n) is 4.84. The molecule has 0 aliphatic carbocycles. The van der Waals surface area contributed by atoms with Crippen molar-refractivity contribution in [2.75, 3.05) is 25.1 Å². The van der Waals surface area contributed by atoms with Crippen molar-refractivity contribution in [2.45, 2.75) is 25.7 Å². The highest BCUT2D eigenvalue weighted by atomic mass is 16.5. The number of aryl methyl sites for hydroxylation is 1. The lowest BCUT2D eigenvalue weighted by atomic mass is 9.90. The molecule has 3 heterocycles. The summed E-state index contributed by atoms with van der Waals surface area (Å²) in [6.45, 7) is 3.70. The Labute approximate surface area is 206 Å². The van der Waals surface area contributed by atoms with E-state index < -0.39 is 0 Å². The van der Waals surface area contributed by atoms with Gasteiger partial charge in [-0.25, -0.2) is 4.98 Å². The molecule has 0 spiro atoms. The standard InChI is InChI=1S/C30H29N3O2/c1-21-26(18-24(19-31-21)25-13-6-7-15-28(25)35-2)30(34)27-14-8-16-29(32-27)33-17-9-12-23(20-33)22-10-4-3-5-11-22/h3-8,10-11,13-16,18-19,23H,9,12,17,20H2,1-2H3. The van der Waals surface area contributed by atoms with Crippen LogP contribution >= 0.6 is 0 Å². The van der Waals surface area contributed by atoms with Crippen LogP contribution in [-0.2, 0) is 0 Å². The normalized spacial score (nSPS) is 15.6. The summed E-state index contributed by atoms with van der Waals surface area (Å²) >= 11 is 0. The Kier molecular flexibility index (Phi) is 6.57. The van der Waals surface area contributed by atoms with Gasteiger partial charge in [0.25, 0.3) is 0 Å². The Morgan fingerprint density at radius 1 is 1.00 bits per heavy atom. The fraction of sp³-hybridized carbons (Fsp3) is 0.233. The van der Waals surface area contributed by atoms with Crippen molar-refractivity contribution in [3.05, 3.63) is 108 Å². The summed E-state index contributed by atoms with van der Waals surface area (Å²) in [5.74, 6) is 1.94. The molecule has 1 saturated heterocycles. The zero-order valence-electron chi connectivity index (χ0n) is 20.1. The fourth-order valence-corrected chi connectivity index (χ4v) is 4.84. The van der Waals surface area contributed by atoms with Gasteiger partial charge in [0.15, 0.2) is 0 Å². The van der Waals surface area contributed by atoms with E-state index in [1.165, 1.54) is 12.0 Å². The number of nitrogens with zero attached hydrogens (tertiary/aromatic N) is 3. The molecule has 1 aliphatic heterocycles. The Hall–Kier alpha value is -3.99. The van der Waals surface area contributed by atoms with Crippen molar-refractivity contribution in [3.8, 4) is 16.9 Å². The molecule has 0 N–H and O–H groups in total. The molecule has 35 heavy (non-hydrogen) atoms. The summed E-state index contributed by atoms with van der Waals surface area (Å²) in [4.78, 5) is 25.2. The summed E-state index contributed by atoms with van der Waals surface area (Å²) in [6, 6.07) is 26.0. The Balaban J connectivity index is 1.42. The number of anilines is 1. The lowest BCUT2D eigenvalue weighted by Gasteiger charge is -2.34. The summed E-state index contributed by atoms with van der Waals surface area (Å²) < 4.78 is 5.51. The molecule has 1 unspecified atom stereocenters. The van der Waals surface area contributed by atoms with Gasteiger partial charge in [-0.1, -0.05) is 54.6 Å². The summed E-state index contributed by atoms with van der Waals surface area (Å²) in [6.07, 6.45) is 4.05. The van der Waals surface area contributed by atoms with Crippen molar-refractivity contribution in [1.29, 1.82) is 0 Å². The van der Waals surface area contributed by atoms with Crippen LogP contribution in [0.25, 0.3) is 11.1 Å². The first-order chi connectivity index (χ1) is 17.1. The molecule has 0 radical (unpaired) electrons. The highest BCUT2D eigenvalue weighted by molar-refractivity contribution is 6.09. The van der Waals surface area contributed by atoms with E-state index in [0.29, 0.717) is 22.9 Å². The zero-order chi connectivity index (χ0) is 24.2. The molecule has 5 heteroatoms. The Morgan fingerprint density at radius 2 is 1.80 bits per heavy atom. The molecule has 1 fully saturated rings. The molecule has 176 valence electrons. The van der Waals surface area contributed by atoms with Crippen molar-refractivity contribution < 1.29 is 9.53 Å². The maximum absolute atomic E-state index is 13.6. The average molecular weight is 464 g/mol. The van der Waals surface area contributed by atoms with Gasteiger partial charge in [0.1, 0.15) is 17.3 Å². The third kappa shape index (κ3) is 4.80. The molecule has 0 bridgehead atoms. The maximum Gasteiger partial charge on any atom is 0.213 e. The largest absolute Gasteiger partial charge is 0.496 e. The summed E-state index contributed by atoms with van der Waals surface area (Å²) in [7, 11) is 1.64. The lowest BCUT2D eigenvalue weighted by molar-refractivity contribution is 0.103. The molecule has 4 aromatic rings. The number of piperidine rings is 1. The highest BCUT2D eigenvalue weighted by Crippen LogP contribution is 2.32. The third-order valence-corrected chi connectivity index (χ3v) is 6.73. The van der Waals surface area contributed by atoms with E-state index in [0.717, 1.165) is 42.2 Å². The van der Waals surface area contributed by atoms with Gasteiger partial charge in [0.05, 0.1) is 7.11 Å². The van der Waals surface area contributed by atoms with Crippen LogP contribution in [0.4, 0.5) is 5.82 Å². The number of hydrogen-bond acceptors (Lipinski definition) is 5. The van der Waals surface area contributed by atoms with E-state index in [9.17, 15) is 4.79 Å². The van der Waals surface area contributed by atoms with Crippen LogP contribution in [0, 0.1) is 6.92 Å². The van der Waals surface area contributed by atoms with E-state index in [2.05, 4.69) is 40.2 Å². The van der Waals surface area contributed by atoms with Gasteiger partial charge in [-0.05, 0) is 49.6 Å². The molecule has 2 aromatic heterocycles. The molecule has 1 aliphatic rings. The Morgan fingerprint density at radius 3 is 2.63 bits per heavy atom. The number of hydrogen-bond donors (Lipinski definition) is 0. The first-order valence-corrected chi connectivity index (χ1v) is 12.1. The van der Waals surface area contributed by atoms with Gasteiger partial charge in [-0.15, -0.1) is 0 Å². The second-order valence-corrected chi connectivity index (χ2v) is 8.96. The summed E-state index contributed by atoms with van der Waals surface area (Å²) in [5, 5.41) is 0. The van der Waals surface area contributed by atoms with Crippen molar-refractivity contribution in [1.82, 2.24) is 9.97 Å². The van der Waals surface area contributed by atoms with Crippen LogP contribution in [0.5, 0.6) is 5.75 Å². The van der Waals surface area contributed by atoms with E-state index in [1.54, 1.807) is 19.4 Å². The SMILES string of the molecule is COc1ccccc1-c1cnc(C)c(C(=O)c2cccc(N3CCCC(c4ccccc4)C3)n2)c1. The average Bonchev–Trinajstić information content (AvgIpc) is 2.93. The number of rotatable bonds is 6. The van der Waals surface area contributed by atoms with Gasteiger partial charge in [0.2, 0.25) is 5.78 Å². The maximum atomic E-state index is 13.6. The first-order valence-electron chi connectivity index (χ1n) is 12.1. The van der Waals surface area contributed by atoms with Crippen LogP contribution < -0.4 is 9.64 Å². The molecule has 1 atom stereocenters. The second-order valence-electron chi connectivity index (χ2n) is 8.96. The van der Waals surface area contributed by atoms with Crippen molar-refractivity contribution in [3.63, 3.8) is 0 Å². The van der Waals surface area contributed by atoms with Gasteiger partial charge in [-0.3, -0.25) is 9.78 Å². The number of pyridine rings is 2. The van der Waals surface area contributed by atoms with Gasteiger partial charge < -0.3 is 9.64 Å². The van der Waals surface area contributed by atoms with Crippen molar-refractivity contribution >= 4 is 11.6 Å². The number of methoxy groups -OCH3 is 1. The second kappa shape index (κ2) is 10.1. The zero-order valence-corrected chi connectivity index (χ0v) is 20.1. The number of carbonyl (C=O) groups is 1. The molecular weight excluding hydrogens is 434 g/mol. The number of aromatic nitrogens is 2. The van der Waals surface area contributed by atoms with Crippen LogP contribution in [0.3, 0.4) is 0 Å². The number of para-hydroxylation sites is 1. The minimum absolute atomic E-state index is 0.120. The molecule has 0 amide bonds. The number of ketones is 1. The molecular formula is C30H29N3O2. The van der Waals surface area contributed by atoms with Gasteiger partial charge in [-0.2, -0.15) is 0 Å². The number of benzene rings is 2. The minimum Gasteiger partial charge on any atom is -0.496 e. The molecule has 2 aromatic carbocycles. The van der Waals surface area contributed by atoms with Gasteiger partial charge >= 0.3 is 0 Å². The van der Waals surface area contributed by atoms with Crippen LogP contribution in [0.2, 0.25) is 0 Å². The monoisotopic (exact) mass is 463 g/mol.